The van der Waals surface area contributed by atoms with Crippen molar-refractivity contribution in [1.82, 2.24) is 4.90 Å². The van der Waals surface area contributed by atoms with Crippen LogP contribution in [0.5, 0.6) is 5.75 Å². The molecular formula is C13H20N2O. The molecule has 0 heterocycles. The van der Waals surface area contributed by atoms with Gasteiger partial charge in [0, 0.05) is 18.7 Å². The maximum atomic E-state index is 9.64. The number of aromatic hydroxyl groups is 1. The van der Waals surface area contributed by atoms with E-state index in [1.165, 1.54) is 5.56 Å². The molecule has 0 aliphatic heterocycles. The highest BCUT2D eigenvalue weighted by atomic mass is 16.3. The molecule has 16 heavy (non-hydrogen) atoms. The summed E-state index contributed by atoms with van der Waals surface area (Å²) in [5.74, 6) is 0.304. The van der Waals surface area contributed by atoms with Gasteiger partial charge >= 0.3 is 0 Å². The van der Waals surface area contributed by atoms with Gasteiger partial charge in [-0.15, -0.1) is 0 Å². The lowest BCUT2D eigenvalue weighted by Gasteiger charge is -2.10. The van der Waals surface area contributed by atoms with E-state index < -0.39 is 0 Å². The fourth-order valence-corrected chi connectivity index (χ4v) is 1.44. The molecule has 0 atom stereocenters. The first-order chi connectivity index (χ1) is 7.63. The van der Waals surface area contributed by atoms with E-state index in [1.807, 2.05) is 24.3 Å². The standard InChI is InChI=1S/C13H20N2O/c1-15(2)9-7-11-5-6-13(16)12(10-11)4-3-8-14/h3-6,10,16H,7-9,14H2,1-2H3/b4-3+. The van der Waals surface area contributed by atoms with Crippen molar-refractivity contribution in [1.29, 1.82) is 0 Å². The predicted molar refractivity (Wildman–Crippen MR) is 68.5 cm³/mol. The third-order valence-corrected chi connectivity index (χ3v) is 2.37. The molecule has 88 valence electrons. The van der Waals surface area contributed by atoms with E-state index >= 15 is 0 Å². The molecule has 0 aliphatic rings. The second-order valence-corrected chi connectivity index (χ2v) is 4.08. The molecular weight excluding hydrogens is 200 g/mol. The summed E-state index contributed by atoms with van der Waals surface area (Å²) < 4.78 is 0. The van der Waals surface area contributed by atoms with Gasteiger partial charge in [0.25, 0.3) is 0 Å². The molecule has 0 saturated heterocycles. The second-order valence-electron chi connectivity index (χ2n) is 4.08. The van der Waals surface area contributed by atoms with Crippen LogP contribution in [0, 0.1) is 0 Å². The average Bonchev–Trinajstić information content (AvgIpc) is 2.26. The second kappa shape index (κ2) is 6.30. The Morgan fingerprint density at radius 3 is 2.75 bits per heavy atom. The van der Waals surface area contributed by atoms with Gasteiger partial charge in [0.15, 0.2) is 0 Å². The lowest BCUT2D eigenvalue weighted by molar-refractivity contribution is 0.413. The summed E-state index contributed by atoms with van der Waals surface area (Å²) >= 11 is 0. The molecule has 0 aromatic heterocycles. The summed E-state index contributed by atoms with van der Waals surface area (Å²) in [5, 5.41) is 9.64. The molecule has 3 heteroatoms. The number of benzene rings is 1. The molecule has 0 aliphatic carbocycles. The van der Waals surface area contributed by atoms with Crippen LogP contribution in [0.25, 0.3) is 6.08 Å². The minimum absolute atomic E-state index is 0.304. The van der Waals surface area contributed by atoms with Crippen molar-refractivity contribution in [2.24, 2.45) is 5.73 Å². The Morgan fingerprint density at radius 2 is 2.12 bits per heavy atom. The maximum absolute atomic E-state index is 9.64. The molecule has 0 bridgehead atoms. The van der Waals surface area contributed by atoms with E-state index in [9.17, 15) is 5.11 Å². The van der Waals surface area contributed by atoms with Crippen LogP contribution in [0.15, 0.2) is 24.3 Å². The third-order valence-electron chi connectivity index (χ3n) is 2.37. The van der Waals surface area contributed by atoms with Gasteiger partial charge in [-0.25, -0.2) is 0 Å². The van der Waals surface area contributed by atoms with Crippen LogP contribution < -0.4 is 5.73 Å². The highest BCUT2D eigenvalue weighted by Gasteiger charge is 2.00. The smallest absolute Gasteiger partial charge is 0.122 e. The monoisotopic (exact) mass is 220 g/mol. The fraction of sp³-hybridized carbons (Fsp3) is 0.385. The first kappa shape index (κ1) is 12.7. The van der Waals surface area contributed by atoms with Gasteiger partial charge in [-0.2, -0.15) is 0 Å². The van der Waals surface area contributed by atoms with Crippen LogP contribution >= 0.6 is 0 Å². The first-order valence-electron chi connectivity index (χ1n) is 5.46. The van der Waals surface area contributed by atoms with Crippen molar-refractivity contribution < 1.29 is 5.11 Å². The summed E-state index contributed by atoms with van der Waals surface area (Å²) in [6, 6.07) is 5.70. The Hall–Kier alpha value is -1.32. The fourth-order valence-electron chi connectivity index (χ4n) is 1.44. The van der Waals surface area contributed by atoms with Crippen molar-refractivity contribution in [2.45, 2.75) is 6.42 Å². The van der Waals surface area contributed by atoms with Crippen LogP contribution in [0.2, 0.25) is 0 Å². The molecule has 1 aromatic carbocycles. The van der Waals surface area contributed by atoms with Crippen molar-refractivity contribution in [3.8, 4) is 5.75 Å². The van der Waals surface area contributed by atoms with Gasteiger partial charge in [0.2, 0.25) is 0 Å². The molecule has 0 spiro atoms. The van der Waals surface area contributed by atoms with E-state index in [2.05, 4.69) is 19.0 Å². The maximum Gasteiger partial charge on any atom is 0.122 e. The summed E-state index contributed by atoms with van der Waals surface area (Å²) in [6.07, 6.45) is 4.68. The average molecular weight is 220 g/mol. The van der Waals surface area contributed by atoms with Crippen molar-refractivity contribution >= 4 is 6.08 Å². The Morgan fingerprint density at radius 1 is 1.38 bits per heavy atom. The highest BCUT2D eigenvalue weighted by molar-refractivity contribution is 5.58. The van der Waals surface area contributed by atoms with Gasteiger partial charge < -0.3 is 15.7 Å². The Kier molecular flexibility index (Phi) is 5.02. The van der Waals surface area contributed by atoms with E-state index in [0.29, 0.717) is 12.3 Å². The van der Waals surface area contributed by atoms with Crippen molar-refractivity contribution in [2.75, 3.05) is 27.2 Å². The minimum atomic E-state index is 0.304. The Balaban J connectivity index is 2.77. The number of phenolic OH excluding ortho intramolecular Hbond substituents is 1. The van der Waals surface area contributed by atoms with Gasteiger partial charge in [0.1, 0.15) is 5.75 Å². The molecule has 0 saturated carbocycles. The van der Waals surface area contributed by atoms with E-state index in [4.69, 9.17) is 5.73 Å². The number of hydrogen-bond donors (Lipinski definition) is 2. The number of rotatable bonds is 5. The summed E-state index contributed by atoms with van der Waals surface area (Å²) in [6.45, 7) is 1.49. The van der Waals surface area contributed by atoms with Gasteiger partial charge in [-0.1, -0.05) is 18.2 Å². The number of hydrogen-bond acceptors (Lipinski definition) is 3. The van der Waals surface area contributed by atoms with Crippen molar-refractivity contribution in [3.63, 3.8) is 0 Å². The molecule has 1 rings (SSSR count). The summed E-state index contributed by atoms with van der Waals surface area (Å²) in [4.78, 5) is 2.14. The molecule has 1 aromatic rings. The molecule has 0 unspecified atom stereocenters. The zero-order valence-corrected chi connectivity index (χ0v) is 9.98. The lowest BCUT2D eigenvalue weighted by Crippen LogP contribution is -2.15. The third kappa shape index (κ3) is 4.04. The zero-order valence-electron chi connectivity index (χ0n) is 9.98. The quantitative estimate of drug-likeness (QED) is 0.790. The zero-order chi connectivity index (χ0) is 12.0. The minimum Gasteiger partial charge on any atom is -0.507 e. The van der Waals surface area contributed by atoms with Crippen LogP contribution in [0.3, 0.4) is 0 Å². The van der Waals surface area contributed by atoms with E-state index in [0.717, 1.165) is 18.5 Å². The number of nitrogens with two attached hydrogens (primary N) is 1. The molecule has 0 radical (unpaired) electrons. The molecule has 0 fully saturated rings. The van der Waals surface area contributed by atoms with E-state index in [-0.39, 0.29) is 0 Å². The molecule has 3 N–H and O–H groups in total. The van der Waals surface area contributed by atoms with Gasteiger partial charge in [-0.05, 0) is 38.2 Å². The predicted octanol–water partition coefficient (Wildman–Crippen LogP) is 1.47. The SMILES string of the molecule is CN(C)CCc1ccc(O)c(/C=C/CN)c1. The van der Waals surface area contributed by atoms with Crippen LogP contribution in [-0.4, -0.2) is 37.2 Å². The summed E-state index contributed by atoms with van der Waals surface area (Å²) in [5.41, 5.74) is 7.45. The lowest BCUT2D eigenvalue weighted by atomic mass is 10.1. The van der Waals surface area contributed by atoms with Crippen LogP contribution in [-0.2, 0) is 6.42 Å². The Bertz CT molecular complexity index is 359. The first-order valence-corrected chi connectivity index (χ1v) is 5.46. The van der Waals surface area contributed by atoms with Crippen molar-refractivity contribution in [3.05, 3.63) is 35.4 Å². The summed E-state index contributed by atoms with van der Waals surface area (Å²) in [7, 11) is 4.10. The van der Waals surface area contributed by atoms with Crippen LogP contribution in [0.1, 0.15) is 11.1 Å². The van der Waals surface area contributed by atoms with E-state index in [1.54, 1.807) is 6.07 Å². The normalized spacial score (nSPS) is 11.5. The largest absolute Gasteiger partial charge is 0.507 e. The van der Waals surface area contributed by atoms with Crippen LogP contribution in [0.4, 0.5) is 0 Å². The van der Waals surface area contributed by atoms with Gasteiger partial charge in [0.05, 0.1) is 0 Å². The molecule has 0 amide bonds. The highest BCUT2D eigenvalue weighted by Crippen LogP contribution is 2.20. The Labute approximate surface area is 97.2 Å². The number of phenols is 1. The topological polar surface area (TPSA) is 49.5 Å². The molecule has 3 nitrogen and oxygen atoms in total. The van der Waals surface area contributed by atoms with Gasteiger partial charge in [-0.3, -0.25) is 0 Å². The number of nitrogens with zero attached hydrogens (tertiary/aromatic N) is 1. The number of likely N-dealkylation sites (N-methyl/N-ethyl adjacent to an activating group) is 1.